The summed E-state index contributed by atoms with van der Waals surface area (Å²) in [5, 5.41) is 13.1. The van der Waals surface area contributed by atoms with Crippen molar-refractivity contribution in [2.45, 2.75) is 31.7 Å². The van der Waals surface area contributed by atoms with E-state index in [1.165, 1.54) is 0 Å². The third-order valence-electron chi connectivity index (χ3n) is 3.31. The van der Waals surface area contributed by atoms with Crippen molar-refractivity contribution in [3.8, 4) is 0 Å². The second kappa shape index (κ2) is 5.93. The molecule has 1 aromatic carbocycles. The van der Waals surface area contributed by atoms with Gasteiger partial charge in [0, 0.05) is 21.2 Å². The van der Waals surface area contributed by atoms with Gasteiger partial charge in [0.1, 0.15) is 0 Å². The maximum Gasteiger partial charge on any atom is 0.306 e. The van der Waals surface area contributed by atoms with Crippen LogP contribution in [-0.4, -0.2) is 17.1 Å². The highest BCUT2D eigenvalue weighted by Gasteiger charge is 2.27. The Labute approximate surface area is 120 Å². The molecule has 1 aliphatic rings. The van der Waals surface area contributed by atoms with Crippen LogP contribution in [0.1, 0.15) is 25.7 Å². The van der Waals surface area contributed by atoms with Crippen molar-refractivity contribution in [1.82, 2.24) is 0 Å². The molecule has 1 saturated carbocycles. The van der Waals surface area contributed by atoms with Gasteiger partial charge in [-0.2, -0.15) is 0 Å². The van der Waals surface area contributed by atoms with Crippen LogP contribution in [0.15, 0.2) is 22.7 Å². The van der Waals surface area contributed by atoms with Crippen LogP contribution in [0, 0.1) is 5.92 Å². The Bertz CT molecular complexity index is 453. The first-order valence-electron chi connectivity index (χ1n) is 6.00. The average Bonchev–Trinajstić information content (AvgIpc) is 2.33. The number of nitrogens with one attached hydrogen (secondary N) is 1. The summed E-state index contributed by atoms with van der Waals surface area (Å²) in [7, 11) is 0. The van der Waals surface area contributed by atoms with E-state index in [1.807, 2.05) is 18.2 Å². The number of carboxylic acid groups (broad SMARTS) is 1. The number of rotatable bonds is 3. The first kappa shape index (κ1) is 13.7. The smallest absolute Gasteiger partial charge is 0.306 e. The summed E-state index contributed by atoms with van der Waals surface area (Å²) >= 11 is 9.34. The fourth-order valence-electron chi connectivity index (χ4n) is 2.37. The van der Waals surface area contributed by atoms with Crippen LogP contribution in [0.25, 0.3) is 0 Å². The highest BCUT2D eigenvalue weighted by atomic mass is 79.9. The largest absolute Gasteiger partial charge is 0.481 e. The molecule has 0 saturated heterocycles. The summed E-state index contributed by atoms with van der Waals surface area (Å²) in [5.74, 6) is -0.904. The third-order valence-corrected chi connectivity index (χ3v) is 4.21. The number of hydrogen-bond acceptors (Lipinski definition) is 2. The molecule has 98 valence electrons. The Balaban J connectivity index is 2.02. The van der Waals surface area contributed by atoms with Gasteiger partial charge in [-0.05, 0) is 53.4 Å². The van der Waals surface area contributed by atoms with Crippen LogP contribution in [0.4, 0.5) is 5.69 Å². The monoisotopic (exact) mass is 331 g/mol. The van der Waals surface area contributed by atoms with Crippen LogP contribution in [-0.2, 0) is 4.79 Å². The molecule has 2 rings (SSSR count). The van der Waals surface area contributed by atoms with E-state index in [9.17, 15) is 4.79 Å². The van der Waals surface area contributed by atoms with Crippen molar-refractivity contribution in [3.05, 3.63) is 27.7 Å². The highest BCUT2D eigenvalue weighted by molar-refractivity contribution is 9.10. The van der Waals surface area contributed by atoms with E-state index in [0.29, 0.717) is 11.4 Å². The van der Waals surface area contributed by atoms with Gasteiger partial charge in [-0.15, -0.1) is 0 Å². The van der Waals surface area contributed by atoms with E-state index in [2.05, 4.69) is 21.2 Å². The van der Waals surface area contributed by atoms with E-state index >= 15 is 0 Å². The van der Waals surface area contributed by atoms with Crippen LogP contribution in [0.3, 0.4) is 0 Å². The minimum atomic E-state index is -0.684. The first-order valence-corrected chi connectivity index (χ1v) is 7.18. The van der Waals surface area contributed by atoms with Crippen LogP contribution in [0.5, 0.6) is 0 Å². The molecule has 0 aromatic heterocycles. The van der Waals surface area contributed by atoms with Crippen molar-refractivity contribution >= 4 is 39.2 Å². The Morgan fingerprint density at radius 3 is 2.89 bits per heavy atom. The summed E-state index contributed by atoms with van der Waals surface area (Å²) < 4.78 is 0.910. The molecule has 2 unspecified atom stereocenters. The molecule has 1 aromatic rings. The number of anilines is 1. The molecule has 0 heterocycles. The first-order chi connectivity index (χ1) is 8.56. The maximum absolute atomic E-state index is 11.0. The average molecular weight is 333 g/mol. The summed E-state index contributed by atoms with van der Waals surface area (Å²) in [6, 6.07) is 5.79. The number of halogens is 2. The van der Waals surface area contributed by atoms with Crippen LogP contribution >= 0.6 is 27.5 Å². The van der Waals surface area contributed by atoms with Crippen LogP contribution < -0.4 is 5.32 Å². The van der Waals surface area contributed by atoms with Crippen molar-refractivity contribution in [2.75, 3.05) is 5.32 Å². The van der Waals surface area contributed by atoms with Gasteiger partial charge in [0.05, 0.1) is 5.92 Å². The van der Waals surface area contributed by atoms with Crippen LogP contribution in [0.2, 0.25) is 5.02 Å². The quantitative estimate of drug-likeness (QED) is 0.874. The Morgan fingerprint density at radius 2 is 2.22 bits per heavy atom. The molecule has 1 fully saturated rings. The molecule has 1 aliphatic carbocycles. The Morgan fingerprint density at radius 1 is 1.44 bits per heavy atom. The predicted octanol–water partition coefficient (Wildman–Crippen LogP) is 4.16. The zero-order chi connectivity index (χ0) is 13.1. The van der Waals surface area contributed by atoms with Gasteiger partial charge in [-0.25, -0.2) is 0 Å². The topological polar surface area (TPSA) is 49.3 Å². The lowest BCUT2D eigenvalue weighted by molar-refractivity contribution is -0.142. The molecule has 18 heavy (non-hydrogen) atoms. The fraction of sp³-hybridized carbons (Fsp3) is 0.462. The van der Waals surface area contributed by atoms with Crippen molar-refractivity contribution in [1.29, 1.82) is 0 Å². The van der Waals surface area contributed by atoms with Crippen molar-refractivity contribution in [3.63, 3.8) is 0 Å². The van der Waals surface area contributed by atoms with Crippen molar-refractivity contribution in [2.24, 2.45) is 5.92 Å². The van der Waals surface area contributed by atoms with Gasteiger partial charge in [0.25, 0.3) is 0 Å². The fourth-order valence-corrected chi connectivity index (χ4v) is 3.17. The minimum absolute atomic E-state index is 0.220. The van der Waals surface area contributed by atoms with E-state index in [4.69, 9.17) is 16.7 Å². The second-order valence-electron chi connectivity index (χ2n) is 4.67. The predicted molar refractivity (Wildman–Crippen MR) is 76.2 cm³/mol. The van der Waals surface area contributed by atoms with Gasteiger partial charge < -0.3 is 10.4 Å². The summed E-state index contributed by atoms with van der Waals surface area (Å²) in [4.78, 5) is 11.0. The standard InChI is InChI=1S/C13H15BrClNO2/c14-11-7-9(15)4-5-12(11)16-10-3-1-2-8(6-10)13(17)18/h4-5,7-8,10,16H,1-3,6H2,(H,17,18). The SMILES string of the molecule is O=C(O)C1CCCC(Nc2ccc(Cl)cc2Br)C1. The number of carbonyl (C=O) groups is 1. The Hall–Kier alpha value is -0.740. The number of hydrogen-bond donors (Lipinski definition) is 2. The zero-order valence-electron chi connectivity index (χ0n) is 9.83. The zero-order valence-corrected chi connectivity index (χ0v) is 12.2. The molecule has 3 nitrogen and oxygen atoms in total. The lowest BCUT2D eigenvalue weighted by Crippen LogP contribution is -2.31. The van der Waals surface area contributed by atoms with E-state index in [1.54, 1.807) is 0 Å². The van der Waals surface area contributed by atoms with Crippen molar-refractivity contribution < 1.29 is 9.90 Å². The normalized spacial score (nSPS) is 23.7. The van der Waals surface area contributed by atoms with Gasteiger partial charge in [0.2, 0.25) is 0 Å². The minimum Gasteiger partial charge on any atom is -0.481 e. The van der Waals surface area contributed by atoms with E-state index < -0.39 is 5.97 Å². The number of benzene rings is 1. The van der Waals surface area contributed by atoms with Gasteiger partial charge in [0.15, 0.2) is 0 Å². The summed E-state index contributed by atoms with van der Waals surface area (Å²) in [5.41, 5.74) is 0.968. The molecule has 0 spiro atoms. The highest BCUT2D eigenvalue weighted by Crippen LogP contribution is 2.31. The lowest BCUT2D eigenvalue weighted by atomic mass is 9.85. The third kappa shape index (κ3) is 3.39. The molecule has 0 aliphatic heterocycles. The van der Waals surface area contributed by atoms with E-state index in [-0.39, 0.29) is 12.0 Å². The number of aliphatic carboxylic acids is 1. The molecule has 0 bridgehead atoms. The molecule has 0 radical (unpaired) electrons. The van der Waals surface area contributed by atoms with Gasteiger partial charge in [-0.1, -0.05) is 18.0 Å². The molecule has 0 amide bonds. The molecule has 2 atom stereocenters. The Kier molecular flexibility index (Phi) is 4.51. The van der Waals surface area contributed by atoms with E-state index in [0.717, 1.165) is 29.4 Å². The lowest BCUT2D eigenvalue weighted by Gasteiger charge is -2.28. The number of carboxylic acids is 1. The van der Waals surface area contributed by atoms with Gasteiger partial charge >= 0.3 is 5.97 Å². The molecular weight excluding hydrogens is 318 g/mol. The molecule has 5 heteroatoms. The molecule has 2 N–H and O–H groups in total. The summed E-state index contributed by atoms with van der Waals surface area (Å²) in [6.07, 6.45) is 3.44. The second-order valence-corrected chi connectivity index (χ2v) is 5.96. The molecular formula is C13H15BrClNO2. The summed E-state index contributed by atoms with van der Waals surface area (Å²) in [6.45, 7) is 0. The maximum atomic E-state index is 11.0. The van der Waals surface area contributed by atoms with Gasteiger partial charge in [-0.3, -0.25) is 4.79 Å².